The first-order chi connectivity index (χ1) is 16.6. The van der Waals surface area contributed by atoms with E-state index in [0.717, 1.165) is 0 Å². The molecule has 0 rings (SSSR count). The third kappa shape index (κ3) is 18.0. The van der Waals surface area contributed by atoms with Crippen LogP contribution in [0.15, 0.2) is 0 Å². The van der Waals surface area contributed by atoms with Gasteiger partial charge in [0, 0.05) is 26.2 Å². The Morgan fingerprint density at radius 2 is 0.838 bits per heavy atom. The molecule has 37 heavy (non-hydrogen) atoms. The molecule has 8 atom stereocenters. The van der Waals surface area contributed by atoms with Crippen molar-refractivity contribution in [2.75, 3.05) is 79.0 Å². The van der Waals surface area contributed by atoms with Crippen LogP contribution in [-0.2, 0) is 14.2 Å². The second-order valence-electron chi connectivity index (χ2n) is 7.98. The van der Waals surface area contributed by atoms with Gasteiger partial charge in [-0.25, -0.2) is 0 Å². The molecule has 0 heterocycles. The van der Waals surface area contributed by atoms with Crippen LogP contribution in [-0.4, -0.2) is 184 Å². The molecule has 0 unspecified atom stereocenters. The van der Waals surface area contributed by atoms with E-state index in [9.17, 15) is 40.9 Å². The van der Waals surface area contributed by atoms with Crippen molar-refractivity contribution >= 4 is 24.8 Å². The van der Waals surface area contributed by atoms with E-state index in [1.807, 2.05) is 0 Å². The number of hydrogen-bond donors (Lipinski definition) is 11. The number of halogens is 2. The summed E-state index contributed by atoms with van der Waals surface area (Å²) in [6, 6.07) is 0. The molecule has 0 fully saturated rings. The fraction of sp³-hybridized carbons (Fsp3) is 1.00. The fourth-order valence-electron chi connectivity index (χ4n) is 2.95. The lowest BCUT2D eigenvalue weighted by molar-refractivity contribution is -0.131. The monoisotopic (exact) mass is 592 g/mol. The van der Waals surface area contributed by atoms with E-state index in [1.54, 1.807) is 0 Å². The molecule has 0 saturated carbocycles. The highest BCUT2D eigenvalue weighted by atomic mass is 35.5. The van der Waals surface area contributed by atoms with Crippen molar-refractivity contribution in [2.45, 2.75) is 48.8 Å². The molecule has 0 aliphatic carbocycles. The third-order valence-corrected chi connectivity index (χ3v) is 5.10. The summed E-state index contributed by atoms with van der Waals surface area (Å²) < 4.78 is 15.9. The van der Waals surface area contributed by atoms with Gasteiger partial charge in [0.2, 0.25) is 0 Å². The number of ether oxygens (including phenoxy) is 3. The van der Waals surface area contributed by atoms with Gasteiger partial charge in [-0.2, -0.15) is 0 Å². The predicted molar refractivity (Wildman–Crippen MR) is 135 cm³/mol. The molecule has 17 heteroatoms. The summed E-state index contributed by atoms with van der Waals surface area (Å²) in [7, 11) is 0. The molecule has 0 amide bonds. The molecule has 0 radical (unpaired) electrons. The van der Waals surface area contributed by atoms with Crippen molar-refractivity contribution in [3.05, 3.63) is 0 Å². The minimum atomic E-state index is -1.85. The minimum absolute atomic E-state index is 0. The van der Waals surface area contributed by atoms with Crippen LogP contribution in [0.4, 0.5) is 0 Å². The average Bonchev–Trinajstić information content (AvgIpc) is 2.86. The van der Waals surface area contributed by atoms with E-state index in [-0.39, 0.29) is 64.3 Å². The van der Waals surface area contributed by atoms with E-state index in [4.69, 9.17) is 30.2 Å². The topological polar surface area (TPSA) is 259 Å². The number of rotatable bonds is 23. The van der Waals surface area contributed by atoms with E-state index < -0.39 is 62.0 Å². The molecule has 15 nitrogen and oxygen atoms in total. The Bertz CT molecular complexity index is 477. The fourth-order valence-corrected chi connectivity index (χ4v) is 2.95. The number of nitrogens with two attached hydrogens (primary N) is 1. The van der Waals surface area contributed by atoms with Crippen LogP contribution in [0.5, 0.6) is 0 Å². The van der Waals surface area contributed by atoms with Crippen molar-refractivity contribution in [2.24, 2.45) is 5.73 Å². The van der Waals surface area contributed by atoms with Crippen LogP contribution >= 0.6 is 24.8 Å². The van der Waals surface area contributed by atoms with Gasteiger partial charge in [0.1, 0.15) is 36.6 Å². The maximum atomic E-state index is 10.3. The Hall–Kier alpha value is -0.0200. The van der Waals surface area contributed by atoms with Crippen LogP contribution in [0.1, 0.15) is 0 Å². The average molecular weight is 593 g/mol. The highest BCUT2D eigenvalue weighted by molar-refractivity contribution is 5.85. The Morgan fingerprint density at radius 3 is 1.19 bits per heavy atom. The lowest BCUT2D eigenvalue weighted by Crippen LogP contribution is -2.53. The quantitative estimate of drug-likeness (QED) is 0.0493. The highest BCUT2D eigenvalue weighted by Gasteiger charge is 2.34. The molecule has 0 aromatic heterocycles. The van der Waals surface area contributed by atoms with Crippen LogP contribution < -0.4 is 5.73 Å². The minimum Gasteiger partial charge on any atom is -0.394 e. The molecule has 12 N–H and O–H groups in total. The molecule has 0 aliphatic rings. The maximum Gasteiger partial charge on any atom is 0.111 e. The molecule has 0 aliphatic heterocycles. The number of nitrogens with zero attached hydrogens (tertiary/aromatic N) is 1. The summed E-state index contributed by atoms with van der Waals surface area (Å²) in [5.41, 5.74) is 5.29. The molecule has 0 aromatic carbocycles. The smallest absolute Gasteiger partial charge is 0.111 e. The van der Waals surface area contributed by atoms with E-state index >= 15 is 0 Å². The van der Waals surface area contributed by atoms with Crippen LogP contribution in [0.3, 0.4) is 0 Å². The van der Waals surface area contributed by atoms with Crippen LogP contribution in [0.25, 0.3) is 0 Å². The third-order valence-electron chi connectivity index (χ3n) is 5.10. The molecule has 0 aromatic rings. The second-order valence-corrected chi connectivity index (χ2v) is 7.98. The van der Waals surface area contributed by atoms with Crippen LogP contribution in [0.2, 0.25) is 0 Å². The van der Waals surface area contributed by atoms with Crippen molar-refractivity contribution in [3.8, 4) is 0 Å². The Kier molecular flexibility index (Phi) is 28.0. The zero-order chi connectivity index (χ0) is 26.8. The summed E-state index contributed by atoms with van der Waals surface area (Å²) in [4.78, 5) is 1.35. The van der Waals surface area contributed by atoms with Gasteiger partial charge in [0.05, 0.1) is 65.1 Å². The summed E-state index contributed by atoms with van der Waals surface area (Å²) >= 11 is 0. The number of hydrogen-bond acceptors (Lipinski definition) is 15. The molecule has 228 valence electrons. The maximum absolute atomic E-state index is 10.3. The first-order valence-electron chi connectivity index (χ1n) is 11.4. The van der Waals surface area contributed by atoms with Gasteiger partial charge in [0.15, 0.2) is 0 Å². The predicted octanol–water partition coefficient (Wildman–Crippen LogP) is -5.99. The van der Waals surface area contributed by atoms with Gasteiger partial charge >= 0.3 is 0 Å². The normalized spacial score (nSPS) is 18.2. The molecular formula is C20H46Cl2N2O13. The lowest BCUT2D eigenvalue weighted by atomic mass is 10.0. The Balaban J connectivity index is -0.00000578. The molecule has 0 saturated heterocycles. The first kappa shape index (κ1) is 41.5. The van der Waals surface area contributed by atoms with Crippen molar-refractivity contribution in [1.29, 1.82) is 0 Å². The van der Waals surface area contributed by atoms with Gasteiger partial charge in [-0.1, -0.05) is 0 Å². The SMILES string of the molecule is Cl.Cl.NCCOCCOCCOCCN(C[C@H](O)[C@@H](O)[C@H](O)[C@H](O)CO)C[C@H](O)[C@@H](O)[C@H](O)[C@H](O)CO. The van der Waals surface area contributed by atoms with E-state index in [0.29, 0.717) is 26.4 Å². The summed E-state index contributed by atoms with van der Waals surface area (Å²) in [6.07, 6.45) is -14.1. The zero-order valence-electron chi connectivity index (χ0n) is 20.6. The molecule has 0 bridgehead atoms. The standard InChI is InChI=1S/C20H44N2O13.2ClH/c21-1-3-33-5-7-35-8-6-34-4-2-22(9-13(25)17(29)19(31)15(27)11-23)10-14(26)18(30)20(32)16(28)12-24;;/h13-20,23-32H,1-12,21H2;2*1H/t13-,14-,15+,16+,17+,18+,19+,20+;;/m0../s1. The largest absolute Gasteiger partial charge is 0.394 e. The number of aliphatic hydroxyl groups is 10. The van der Waals surface area contributed by atoms with Crippen molar-refractivity contribution < 1.29 is 65.3 Å². The van der Waals surface area contributed by atoms with Gasteiger partial charge in [0.25, 0.3) is 0 Å². The highest BCUT2D eigenvalue weighted by Crippen LogP contribution is 2.10. The molecular weight excluding hydrogens is 547 g/mol. The summed E-state index contributed by atoms with van der Waals surface area (Å²) in [5, 5.41) is 96.9. The van der Waals surface area contributed by atoms with Gasteiger partial charge < -0.3 is 71.0 Å². The Morgan fingerprint density at radius 1 is 0.514 bits per heavy atom. The summed E-state index contributed by atoms with van der Waals surface area (Å²) in [6.45, 7) is -0.218. The first-order valence-corrected chi connectivity index (χ1v) is 11.4. The number of aliphatic hydroxyl groups excluding tert-OH is 10. The van der Waals surface area contributed by atoms with E-state index in [1.165, 1.54) is 4.90 Å². The lowest BCUT2D eigenvalue weighted by Gasteiger charge is -2.33. The zero-order valence-corrected chi connectivity index (χ0v) is 22.3. The van der Waals surface area contributed by atoms with Crippen molar-refractivity contribution in [3.63, 3.8) is 0 Å². The van der Waals surface area contributed by atoms with E-state index in [2.05, 4.69) is 0 Å². The van der Waals surface area contributed by atoms with Gasteiger partial charge in [-0.15, -0.1) is 24.8 Å². The van der Waals surface area contributed by atoms with Crippen LogP contribution in [0, 0.1) is 0 Å². The molecule has 0 spiro atoms. The van der Waals surface area contributed by atoms with Gasteiger partial charge in [-0.05, 0) is 0 Å². The van der Waals surface area contributed by atoms with Gasteiger partial charge in [-0.3, -0.25) is 4.90 Å². The summed E-state index contributed by atoms with van der Waals surface area (Å²) in [5.74, 6) is 0. The van der Waals surface area contributed by atoms with Crippen molar-refractivity contribution in [1.82, 2.24) is 4.90 Å². The second kappa shape index (κ2) is 25.0. The Labute approximate surface area is 228 Å².